The molecular weight excluding hydrogens is 330 g/mol. The molecule has 3 nitrogen and oxygen atoms in total. The largest absolute Gasteiger partial charge is 0.302 e. The maximum Gasteiger partial charge on any atom is 0.230 e. The molecule has 1 N–H and O–H groups in total. The van der Waals surface area contributed by atoms with Crippen LogP contribution in [0.15, 0.2) is 47.8 Å². The van der Waals surface area contributed by atoms with Gasteiger partial charge < -0.3 is 5.32 Å². The fourth-order valence-electron chi connectivity index (χ4n) is 2.20. The predicted molar refractivity (Wildman–Crippen MR) is 91.0 cm³/mol. The van der Waals surface area contributed by atoms with Crippen LogP contribution in [-0.4, -0.2) is 10.9 Å². The quantitative estimate of drug-likeness (QED) is 0.753. The number of hydrogen-bond acceptors (Lipinski definition) is 3. The molecule has 6 heteroatoms. The van der Waals surface area contributed by atoms with Crippen LogP contribution in [0.4, 0.5) is 13.9 Å². The lowest BCUT2D eigenvalue weighted by atomic mass is 10.1. The Hall–Kier alpha value is -2.60. The first-order valence-electron chi connectivity index (χ1n) is 7.27. The van der Waals surface area contributed by atoms with Gasteiger partial charge in [0.1, 0.15) is 11.6 Å². The second-order valence-electron chi connectivity index (χ2n) is 5.37. The van der Waals surface area contributed by atoms with Crippen molar-refractivity contribution in [1.82, 2.24) is 4.98 Å². The first-order chi connectivity index (χ1) is 11.5. The van der Waals surface area contributed by atoms with Gasteiger partial charge in [-0.15, -0.1) is 11.3 Å². The second-order valence-corrected chi connectivity index (χ2v) is 6.23. The van der Waals surface area contributed by atoms with Crippen molar-refractivity contribution in [2.45, 2.75) is 13.3 Å². The molecule has 0 radical (unpaired) electrons. The zero-order chi connectivity index (χ0) is 17.1. The highest BCUT2D eigenvalue weighted by molar-refractivity contribution is 7.14. The zero-order valence-corrected chi connectivity index (χ0v) is 13.7. The van der Waals surface area contributed by atoms with Crippen LogP contribution in [-0.2, 0) is 11.2 Å². The number of benzene rings is 2. The van der Waals surface area contributed by atoms with Crippen LogP contribution >= 0.6 is 11.3 Å². The van der Waals surface area contributed by atoms with E-state index in [1.165, 1.54) is 11.3 Å². The molecule has 3 rings (SSSR count). The first-order valence-corrected chi connectivity index (χ1v) is 8.15. The smallest absolute Gasteiger partial charge is 0.230 e. The van der Waals surface area contributed by atoms with E-state index in [9.17, 15) is 13.6 Å². The van der Waals surface area contributed by atoms with Crippen molar-refractivity contribution in [3.63, 3.8) is 0 Å². The van der Waals surface area contributed by atoms with Crippen LogP contribution in [0.1, 0.15) is 11.1 Å². The number of aryl methyl sites for hydroxylation is 1. The number of anilines is 1. The standard InChI is InChI=1S/C18H14F2N2OS/c1-11-2-4-12(5-3-11)8-17(23)22-18-21-16(10-24-18)14-9-13(19)6-7-15(14)20/h2-7,9-10H,8H2,1H3,(H,21,22,23). The molecule has 0 saturated carbocycles. The molecule has 2 aromatic carbocycles. The fourth-order valence-corrected chi connectivity index (χ4v) is 2.93. The normalized spacial score (nSPS) is 10.6. The van der Waals surface area contributed by atoms with E-state index >= 15 is 0 Å². The minimum Gasteiger partial charge on any atom is -0.302 e. The Morgan fingerprint density at radius 3 is 2.67 bits per heavy atom. The number of halogens is 2. The van der Waals surface area contributed by atoms with E-state index in [0.717, 1.165) is 29.3 Å². The Balaban J connectivity index is 1.70. The molecular formula is C18H14F2N2OS. The second kappa shape index (κ2) is 6.88. The molecule has 3 aromatic rings. The zero-order valence-electron chi connectivity index (χ0n) is 12.8. The molecule has 0 atom stereocenters. The monoisotopic (exact) mass is 344 g/mol. The van der Waals surface area contributed by atoms with Crippen molar-refractivity contribution in [2.75, 3.05) is 5.32 Å². The molecule has 0 bridgehead atoms. The molecule has 1 amide bonds. The first kappa shape index (κ1) is 16.3. The van der Waals surface area contributed by atoms with Crippen molar-refractivity contribution in [3.05, 3.63) is 70.6 Å². The minimum atomic E-state index is -0.556. The SMILES string of the molecule is Cc1ccc(CC(=O)Nc2nc(-c3cc(F)ccc3F)cs2)cc1. The van der Waals surface area contributed by atoms with Crippen molar-refractivity contribution < 1.29 is 13.6 Å². The summed E-state index contributed by atoms with van der Waals surface area (Å²) in [6.07, 6.45) is 0.226. The van der Waals surface area contributed by atoms with Crippen LogP contribution in [0.2, 0.25) is 0 Å². The van der Waals surface area contributed by atoms with Crippen LogP contribution in [0.3, 0.4) is 0 Å². The highest BCUT2D eigenvalue weighted by atomic mass is 32.1. The van der Waals surface area contributed by atoms with Gasteiger partial charge in [-0.3, -0.25) is 4.79 Å². The average molecular weight is 344 g/mol. The topological polar surface area (TPSA) is 42.0 Å². The van der Waals surface area contributed by atoms with Gasteiger partial charge in [-0.05, 0) is 30.7 Å². The number of rotatable bonds is 4. The third-order valence-corrected chi connectivity index (χ3v) is 4.20. The Morgan fingerprint density at radius 2 is 1.92 bits per heavy atom. The molecule has 122 valence electrons. The average Bonchev–Trinajstić information content (AvgIpc) is 3.00. The van der Waals surface area contributed by atoms with Gasteiger partial charge in [-0.25, -0.2) is 13.8 Å². The van der Waals surface area contributed by atoms with E-state index in [0.29, 0.717) is 10.8 Å². The summed E-state index contributed by atoms with van der Waals surface area (Å²) in [7, 11) is 0. The van der Waals surface area contributed by atoms with Gasteiger partial charge in [-0.1, -0.05) is 29.8 Å². The summed E-state index contributed by atoms with van der Waals surface area (Å²) >= 11 is 1.17. The fraction of sp³-hybridized carbons (Fsp3) is 0.111. The van der Waals surface area contributed by atoms with E-state index < -0.39 is 11.6 Å². The number of carbonyl (C=O) groups is 1. The van der Waals surface area contributed by atoms with Crippen LogP contribution in [0.25, 0.3) is 11.3 Å². The Kier molecular flexibility index (Phi) is 4.66. The summed E-state index contributed by atoms with van der Waals surface area (Å²) < 4.78 is 27.0. The van der Waals surface area contributed by atoms with Crippen LogP contribution in [0, 0.1) is 18.6 Å². The van der Waals surface area contributed by atoms with Crippen molar-refractivity contribution in [3.8, 4) is 11.3 Å². The van der Waals surface area contributed by atoms with E-state index in [2.05, 4.69) is 10.3 Å². The van der Waals surface area contributed by atoms with E-state index in [1.54, 1.807) is 5.38 Å². The van der Waals surface area contributed by atoms with E-state index in [1.807, 2.05) is 31.2 Å². The third kappa shape index (κ3) is 3.83. The predicted octanol–water partition coefficient (Wildman–Crippen LogP) is 4.58. The molecule has 0 aliphatic heterocycles. The van der Waals surface area contributed by atoms with Gasteiger partial charge in [0.25, 0.3) is 0 Å². The molecule has 0 unspecified atom stereocenters. The van der Waals surface area contributed by atoms with Gasteiger partial charge in [-0.2, -0.15) is 0 Å². The van der Waals surface area contributed by atoms with Gasteiger partial charge in [0.05, 0.1) is 12.1 Å². The lowest BCUT2D eigenvalue weighted by molar-refractivity contribution is -0.115. The number of aromatic nitrogens is 1. The Labute approximate surface area is 142 Å². The summed E-state index contributed by atoms with van der Waals surface area (Å²) in [5.74, 6) is -1.30. The van der Waals surface area contributed by atoms with Gasteiger partial charge in [0.15, 0.2) is 5.13 Å². The molecule has 24 heavy (non-hydrogen) atoms. The molecule has 0 aliphatic carbocycles. The van der Waals surface area contributed by atoms with Crippen LogP contribution in [0.5, 0.6) is 0 Å². The number of thiazole rings is 1. The van der Waals surface area contributed by atoms with Gasteiger partial charge in [0.2, 0.25) is 5.91 Å². The van der Waals surface area contributed by atoms with E-state index in [-0.39, 0.29) is 17.9 Å². The maximum atomic E-state index is 13.8. The molecule has 0 fully saturated rings. The number of hydrogen-bond donors (Lipinski definition) is 1. The van der Waals surface area contributed by atoms with E-state index in [4.69, 9.17) is 0 Å². The molecule has 0 spiro atoms. The number of amides is 1. The van der Waals surface area contributed by atoms with Gasteiger partial charge in [0, 0.05) is 10.9 Å². The number of nitrogens with one attached hydrogen (secondary N) is 1. The van der Waals surface area contributed by atoms with Gasteiger partial charge >= 0.3 is 0 Å². The molecule has 1 aromatic heterocycles. The molecule has 0 saturated heterocycles. The van der Waals surface area contributed by atoms with Crippen molar-refractivity contribution in [2.24, 2.45) is 0 Å². The number of nitrogens with zero attached hydrogens (tertiary/aromatic N) is 1. The summed E-state index contributed by atoms with van der Waals surface area (Å²) in [6, 6.07) is 10.9. The lowest BCUT2D eigenvalue weighted by Crippen LogP contribution is -2.14. The lowest BCUT2D eigenvalue weighted by Gasteiger charge is -2.03. The Bertz CT molecular complexity index is 875. The molecule has 0 aliphatic rings. The Morgan fingerprint density at radius 1 is 1.17 bits per heavy atom. The third-order valence-electron chi connectivity index (χ3n) is 3.44. The summed E-state index contributed by atoms with van der Waals surface area (Å²) in [5, 5.41) is 4.62. The highest BCUT2D eigenvalue weighted by Crippen LogP contribution is 2.27. The summed E-state index contributed by atoms with van der Waals surface area (Å²) in [4.78, 5) is 16.2. The summed E-state index contributed by atoms with van der Waals surface area (Å²) in [6.45, 7) is 1.98. The molecule has 1 heterocycles. The van der Waals surface area contributed by atoms with Crippen molar-refractivity contribution in [1.29, 1.82) is 0 Å². The minimum absolute atomic E-state index is 0.0743. The van der Waals surface area contributed by atoms with Crippen LogP contribution < -0.4 is 5.32 Å². The number of carbonyl (C=O) groups excluding carboxylic acids is 1. The van der Waals surface area contributed by atoms with Crippen molar-refractivity contribution >= 4 is 22.4 Å². The summed E-state index contributed by atoms with van der Waals surface area (Å²) in [5.41, 5.74) is 2.39. The maximum absolute atomic E-state index is 13.8. The highest BCUT2D eigenvalue weighted by Gasteiger charge is 2.12.